The summed E-state index contributed by atoms with van der Waals surface area (Å²) in [4.78, 5) is 28.0. The molecule has 0 spiro atoms. The molecule has 1 N–H and O–H groups in total. The van der Waals surface area contributed by atoms with Crippen molar-refractivity contribution in [3.8, 4) is 5.75 Å². The number of aryl methyl sites for hydroxylation is 1. The SMILES string of the molecule is COc1ccccc1C1CN(C(=O)c2ccc(C)cc2)CC1C(=O)NCCC(C)C. The van der Waals surface area contributed by atoms with E-state index in [4.69, 9.17) is 4.74 Å². The minimum Gasteiger partial charge on any atom is -0.496 e. The Morgan fingerprint density at radius 2 is 1.80 bits per heavy atom. The van der Waals surface area contributed by atoms with Crippen molar-refractivity contribution in [2.24, 2.45) is 11.8 Å². The van der Waals surface area contributed by atoms with Gasteiger partial charge in [-0.15, -0.1) is 0 Å². The van der Waals surface area contributed by atoms with Crippen LogP contribution in [0.1, 0.15) is 47.7 Å². The smallest absolute Gasteiger partial charge is 0.253 e. The van der Waals surface area contributed by atoms with Crippen LogP contribution in [0.4, 0.5) is 0 Å². The molecule has 0 radical (unpaired) electrons. The van der Waals surface area contributed by atoms with Crippen molar-refractivity contribution in [2.75, 3.05) is 26.7 Å². The summed E-state index contributed by atoms with van der Waals surface area (Å²) in [5, 5.41) is 3.08. The summed E-state index contributed by atoms with van der Waals surface area (Å²) in [7, 11) is 1.64. The first kappa shape index (κ1) is 21.9. The summed E-state index contributed by atoms with van der Waals surface area (Å²) in [5.74, 6) is 0.848. The number of likely N-dealkylation sites (tertiary alicyclic amines) is 1. The quantitative estimate of drug-likeness (QED) is 0.753. The lowest BCUT2D eigenvalue weighted by molar-refractivity contribution is -0.124. The number of carbonyl (C=O) groups excluding carboxylic acids is 2. The average Bonchev–Trinajstić information content (AvgIpc) is 3.18. The van der Waals surface area contributed by atoms with Gasteiger partial charge in [0.05, 0.1) is 13.0 Å². The molecule has 2 atom stereocenters. The fourth-order valence-corrected chi connectivity index (χ4v) is 4.02. The van der Waals surface area contributed by atoms with Crippen molar-refractivity contribution in [3.63, 3.8) is 0 Å². The van der Waals surface area contributed by atoms with Gasteiger partial charge in [-0.2, -0.15) is 0 Å². The summed E-state index contributed by atoms with van der Waals surface area (Å²) < 4.78 is 5.56. The molecule has 30 heavy (non-hydrogen) atoms. The van der Waals surface area contributed by atoms with Gasteiger partial charge in [0.25, 0.3) is 5.91 Å². The summed E-state index contributed by atoms with van der Waals surface area (Å²) in [6, 6.07) is 15.4. The number of para-hydroxylation sites is 1. The Labute approximate surface area is 179 Å². The first-order chi connectivity index (χ1) is 14.4. The lowest BCUT2D eigenvalue weighted by Crippen LogP contribution is -2.36. The van der Waals surface area contributed by atoms with Crippen LogP contribution in [0, 0.1) is 18.8 Å². The molecule has 5 heteroatoms. The average molecular weight is 409 g/mol. The molecule has 0 aromatic heterocycles. The largest absolute Gasteiger partial charge is 0.496 e. The van der Waals surface area contributed by atoms with Crippen LogP contribution in [0.15, 0.2) is 48.5 Å². The lowest BCUT2D eigenvalue weighted by Gasteiger charge is -2.20. The van der Waals surface area contributed by atoms with E-state index in [1.807, 2.05) is 55.5 Å². The molecule has 1 aliphatic rings. The van der Waals surface area contributed by atoms with Gasteiger partial charge in [-0.25, -0.2) is 0 Å². The third-order valence-electron chi connectivity index (χ3n) is 5.80. The number of hydrogen-bond acceptors (Lipinski definition) is 3. The molecule has 0 saturated carbocycles. The van der Waals surface area contributed by atoms with E-state index in [1.54, 1.807) is 12.0 Å². The number of benzene rings is 2. The zero-order valence-electron chi connectivity index (χ0n) is 18.4. The second-order valence-corrected chi connectivity index (χ2v) is 8.50. The minimum atomic E-state index is -0.303. The summed E-state index contributed by atoms with van der Waals surface area (Å²) in [6.45, 7) is 7.83. The van der Waals surface area contributed by atoms with Crippen molar-refractivity contribution in [1.29, 1.82) is 0 Å². The van der Waals surface area contributed by atoms with E-state index in [9.17, 15) is 9.59 Å². The number of carbonyl (C=O) groups is 2. The van der Waals surface area contributed by atoms with Gasteiger partial charge in [-0.05, 0) is 43.0 Å². The molecule has 2 amide bonds. The predicted molar refractivity (Wildman–Crippen MR) is 119 cm³/mol. The van der Waals surface area contributed by atoms with E-state index in [1.165, 1.54) is 0 Å². The van der Waals surface area contributed by atoms with Gasteiger partial charge < -0.3 is 15.0 Å². The fraction of sp³-hybridized carbons (Fsp3) is 0.440. The topological polar surface area (TPSA) is 58.6 Å². The number of ether oxygens (including phenoxy) is 1. The molecule has 1 saturated heterocycles. The van der Waals surface area contributed by atoms with Crippen molar-refractivity contribution in [2.45, 2.75) is 33.1 Å². The molecule has 2 unspecified atom stereocenters. The molecule has 160 valence electrons. The van der Waals surface area contributed by atoms with E-state index < -0.39 is 0 Å². The summed E-state index contributed by atoms with van der Waals surface area (Å²) >= 11 is 0. The molecule has 0 aliphatic carbocycles. The molecule has 5 nitrogen and oxygen atoms in total. The third kappa shape index (κ3) is 5.02. The van der Waals surface area contributed by atoms with Gasteiger partial charge in [-0.1, -0.05) is 49.7 Å². The van der Waals surface area contributed by atoms with Crippen LogP contribution in [0.5, 0.6) is 5.75 Å². The number of amides is 2. The predicted octanol–water partition coefficient (Wildman–Crippen LogP) is 4.02. The Hall–Kier alpha value is -2.82. The Balaban J connectivity index is 1.84. The van der Waals surface area contributed by atoms with Gasteiger partial charge in [0.15, 0.2) is 0 Å². The fourth-order valence-electron chi connectivity index (χ4n) is 4.02. The summed E-state index contributed by atoms with van der Waals surface area (Å²) in [6.07, 6.45) is 0.934. The highest BCUT2D eigenvalue weighted by Crippen LogP contribution is 2.38. The molecule has 1 fully saturated rings. The van der Waals surface area contributed by atoms with Crippen LogP contribution in [-0.4, -0.2) is 43.5 Å². The molecule has 1 heterocycles. The van der Waals surface area contributed by atoms with Crippen molar-refractivity contribution < 1.29 is 14.3 Å². The second-order valence-electron chi connectivity index (χ2n) is 8.50. The number of nitrogens with one attached hydrogen (secondary N) is 1. The normalized spacial score (nSPS) is 18.5. The maximum atomic E-state index is 13.1. The molecule has 2 aromatic carbocycles. The third-order valence-corrected chi connectivity index (χ3v) is 5.80. The molecular formula is C25H32N2O3. The van der Waals surface area contributed by atoms with Crippen LogP contribution >= 0.6 is 0 Å². The van der Waals surface area contributed by atoms with Crippen LogP contribution in [0.2, 0.25) is 0 Å². The van der Waals surface area contributed by atoms with Crippen molar-refractivity contribution in [1.82, 2.24) is 10.2 Å². The molecule has 1 aliphatic heterocycles. The zero-order valence-corrected chi connectivity index (χ0v) is 18.4. The maximum Gasteiger partial charge on any atom is 0.253 e. The molecule has 0 bridgehead atoms. The molecule has 3 rings (SSSR count). The summed E-state index contributed by atoms with van der Waals surface area (Å²) in [5.41, 5.74) is 2.74. The molecule has 2 aromatic rings. The minimum absolute atomic E-state index is 0.00534. The Bertz CT molecular complexity index is 876. The van der Waals surface area contributed by atoms with Crippen LogP contribution < -0.4 is 10.1 Å². The number of nitrogens with zero attached hydrogens (tertiary/aromatic N) is 1. The van der Waals surface area contributed by atoms with Crippen LogP contribution in [0.3, 0.4) is 0 Å². The highest BCUT2D eigenvalue weighted by Gasteiger charge is 2.41. The zero-order chi connectivity index (χ0) is 21.7. The van der Waals surface area contributed by atoms with Crippen molar-refractivity contribution >= 4 is 11.8 Å². The number of rotatable bonds is 7. The van der Waals surface area contributed by atoms with Crippen molar-refractivity contribution in [3.05, 3.63) is 65.2 Å². The molecular weight excluding hydrogens is 376 g/mol. The number of methoxy groups -OCH3 is 1. The van der Waals surface area contributed by atoms with E-state index in [-0.39, 0.29) is 23.7 Å². The van der Waals surface area contributed by atoms with Gasteiger partial charge in [0.1, 0.15) is 5.75 Å². The lowest BCUT2D eigenvalue weighted by atomic mass is 9.87. The Morgan fingerprint density at radius 1 is 1.10 bits per heavy atom. The second kappa shape index (κ2) is 9.79. The van der Waals surface area contributed by atoms with Gasteiger partial charge >= 0.3 is 0 Å². The van der Waals surface area contributed by atoms with E-state index in [2.05, 4.69) is 19.2 Å². The first-order valence-electron chi connectivity index (χ1n) is 10.7. The Kier molecular flexibility index (Phi) is 7.14. The van der Waals surface area contributed by atoms with Crippen LogP contribution in [-0.2, 0) is 4.79 Å². The van der Waals surface area contributed by atoms with E-state index in [0.717, 1.165) is 23.3 Å². The first-order valence-corrected chi connectivity index (χ1v) is 10.7. The monoisotopic (exact) mass is 408 g/mol. The van der Waals surface area contributed by atoms with E-state index >= 15 is 0 Å². The van der Waals surface area contributed by atoms with Gasteiger partial charge in [-0.3, -0.25) is 9.59 Å². The van der Waals surface area contributed by atoms with Gasteiger partial charge in [0, 0.05) is 31.1 Å². The maximum absolute atomic E-state index is 13.1. The Morgan fingerprint density at radius 3 is 2.47 bits per heavy atom. The standard InChI is InChI=1S/C25H32N2O3/c1-17(2)13-14-26-24(28)22-16-27(25(29)19-11-9-18(3)10-12-19)15-21(22)20-7-5-6-8-23(20)30-4/h5-12,17,21-22H,13-16H2,1-4H3,(H,26,28). The highest BCUT2D eigenvalue weighted by atomic mass is 16.5. The van der Waals surface area contributed by atoms with E-state index in [0.29, 0.717) is 31.1 Å². The number of hydrogen-bond donors (Lipinski definition) is 1. The van der Waals surface area contributed by atoms with Gasteiger partial charge in [0.2, 0.25) is 5.91 Å². The van der Waals surface area contributed by atoms with Crippen LogP contribution in [0.25, 0.3) is 0 Å². The highest BCUT2D eigenvalue weighted by molar-refractivity contribution is 5.95.